The second-order valence-electron chi connectivity index (χ2n) is 5.72. The van der Waals surface area contributed by atoms with E-state index >= 15 is 0 Å². The van der Waals surface area contributed by atoms with Crippen LogP contribution in [-0.2, 0) is 11.3 Å². The van der Waals surface area contributed by atoms with Crippen LogP contribution in [0.5, 0.6) is 0 Å². The molecule has 4 heteroatoms. The summed E-state index contributed by atoms with van der Waals surface area (Å²) in [4.78, 5) is 12.7. The van der Waals surface area contributed by atoms with Gasteiger partial charge in [0.05, 0.1) is 11.8 Å². The maximum atomic E-state index is 12.7. The van der Waals surface area contributed by atoms with Gasteiger partial charge in [0.1, 0.15) is 5.60 Å². The molecule has 0 radical (unpaired) electrons. The number of methoxy groups -OCH3 is 1. The molecule has 1 heterocycles. The lowest BCUT2D eigenvalue weighted by Crippen LogP contribution is -2.44. The minimum absolute atomic E-state index is 0.101. The topological polar surface area (TPSA) is 44.1 Å². The summed E-state index contributed by atoms with van der Waals surface area (Å²) >= 11 is 0. The molecule has 4 nitrogen and oxygen atoms in total. The Bertz CT molecular complexity index is 441. The Morgan fingerprint density at radius 1 is 1.63 bits per heavy atom. The summed E-state index contributed by atoms with van der Waals surface area (Å²) in [7, 11) is 1.66. The lowest BCUT2D eigenvalue weighted by molar-refractivity contribution is -0.0302. The highest BCUT2D eigenvalue weighted by Crippen LogP contribution is 2.37. The van der Waals surface area contributed by atoms with Gasteiger partial charge in [-0.1, -0.05) is 20.3 Å². The highest BCUT2D eigenvalue weighted by molar-refractivity contribution is 6.02. The standard InChI is InChI=1S/C15H24N2O2/c1-4-8-17-11-13(10-16-17)14(18)15(19-3)7-5-6-12(2)9-15/h10-12H,4-9H2,1-3H3. The second kappa shape index (κ2) is 5.87. The summed E-state index contributed by atoms with van der Waals surface area (Å²) < 4.78 is 7.48. The van der Waals surface area contributed by atoms with Crippen molar-refractivity contribution >= 4 is 5.78 Å². The fourth-order valence-corrected chi connectivity index (χ4v) is 3.08. The number of carbonyl (C=O) groups excluding carboxylic acids is 1. The molecule has 0 spiro atoms. The van der Waals surface area contributed by atoms with Gasteiger partial charge in [-0.3, -0.25) is 9.48 Å². The molecule has 19 heavy (non-hydrogen) atoms. The molecule has 0 amide bonds. The zero-order valence-corrected chi connectivity index (χ0v) is 12.2. The van der Waals surface area contributed by atoms with Crippen LogP contribution in [0.4, 0.5) is 0 Å². The van der Waals surface area contributed by atoms with Crippen LogP contribution < -0.4 is 0 Å². The first-order chi connectivity index (χ1) is 9.11. The van der Waals surface area contributed by atoms with Crippen molar-refractivity contribution < 1.29 is 9.53 Å². The van der Waals surface area contributed by atoms with E-state index in [9.17, 15) is 4.79 Å². The minimum Gasteiger partial charge on any atom is -0.370 e. The molecule has 106 valence electrons. The van der Waals surface area contributed by atoms with Crippen LogP contribution >= 0.6 is 0 Å². The third-order valence-electron chi connectivity index (χ3n) is 4.11. The highest BCUT2D eigenvalue weighted by atomic mass is 16.5. The number of ketones is 1. The van der Waals surface area contributed by atoms with E-state index in [1.807, 2.05) is 10.9 Å². The van der Waals surface area contributed by atoms with E-state index in [2.05, 4.69) is 18.9 Å². The predicted octanol–water partition coefficient (Wildman–Crippen LogP) is 3.07. The van der Waals surface area contributed by atoms with Gasteiger partial charge in [-0.15, -0.1) is 0 Å². The molecule has 2 atom stereocenters. The maximum Gasteiger partial charge on any atom is 0.197 e. The fraction of sp³-hybridized carbons (Fsp3) is 0.733. The van der Waals surface area contributed by atoms with Gasteiger partial charge in [-0.25, -0.2) is 0 Å². The van der Waals surface area contributed by atoms with Gasteiger partial charge >= 0.3 is 0 Å². The molecule has 2 unspecified atom stereocenters. The predicted molar refractivity (Wildman–Crippen MR) is 74.2 cm³/mol. The third kappa shape index (κ3) is 2.89. The first-order valence-electron chi connectivity index (χ1n) is 7.23. The molecule has 1 aromatic heterocycles. The Labute approximate surface area is 115 Å². The Morgan fingerprint density at radius 2 is 2.42 bits per heavy atom. The van der Waals surface area contributed by atoms with E-state index in [0.717, 1.165) is 32.2 Å². The van der Waals surface area contributed by atoms with Crippen molar-refractivity contribution in [2.24, 2.45) is 5.92 Å². The molecule has 0 saturated heterocycles. The normalized spacial score (nSPS) is 27.4. The Balaban J connectivity index is 2.19. The van der Waals surface area contributed by atoms with E-state index in [-0.39, 0.29) is 5.78 Å². The molecular weight excluding hydrogens is 240 g/mol. The van der Waals surface area contributed by atoms with Crippen LogP contribution in [-0.4, -0.2) is 28.3 Å². The summed E-state index contributed by atoms with van der Waals surface area (Å²) in [6, 6.07) is 0. The number of ether oxygens (including phenoxy) is 1. The Morgan fingerprint density at radius 3 is 3.05 bits per heavy atom. The van der Waals surface area contributed by atoms with Crippen molar-refractivity contribution in [2.45, 2.75) is 58.1 Å². The molecule has 2 rings (SSSR count). The molecule has 1 fully saturated rings. The second-order valence-corrected chi connectivity index (χ2v) is 5.72. The molecule has 1 aliphatic carbocycles. The van der Waals surface area contributed by atoms with Crippen LogP contribution in [0.3, 0.4) is 0 Å². The van der Waals surface area contributed by atoms with Gasteiger partial charge in [0.25, 0.3) is 0 Å². The number of aromatic nitrogens is 2. The molecule has 1 saturated carbocycles. The Kier molecular flexibility index (Phi) is 4.40. The van der Waals surface area contributed by atoms with E-state index in [0.29, 0.717) is 11.5 Å². The lowest BCUT2D eigenvalue weighted by Gasteiger charge is -2.37. The zero-order chi connectivity index (χ0) is 13.9. The summed E-state index contributed by atoms with van der Waals surface area (Å²) in [5, 5.41) is 4.25. The van der Waals surface area contributed by atoms with Gasteiger partial charge < -0.3 is 4.74 Å². The fourth-order valence-electron chi connectivity index (χ4n) is 3.08. The highest BCUT2D eigenvalue weighted by Gasteiger charge is 2.42. The molecule has 0 aliphatic heterocycles. The van der Waals surface area contributed by atoms with Crippen molar-refractivity contribution in [3.05, 3.63) is 18.0 Å². The first-order valence-corrected chi connectivity index (χ1v) is 7.23. The van der Waals surface area contributed by atoms with Gasteiger partial charge in [-0.05, 0) is 31.6 Å². The number of carbonyl (C=O) groups is 1. The summed E-state index contributed by atoms with van der Waals surface area (Å²) in [6.45, 7) is 5.15. The van der Waals surface area contributed by atoms with Crippen molar-refractivity contribution in [2.75, 3.05) is 7.11 Å². The van der Waals surface area contributed by atoms with Crippen molar-refractivity contribution in [3.63, 3.8) is 0 Å². The smallest absolute Gasteiger partial charge is 0.197 e. The van der Waals surface area contributed by atoms with Gasteiger partial charge in [-0.2, -0.15) is 5.10 Å². The summed E-state index contributed by atoms with van der Waals surface area (Å²) in [5.74, 6) is 0.646. The number of rotatable bonds is 5. The molecule has 0 bridgehead atoms. The summed E-state index contributed by atoms with van der Waals surface area (Å²) in [5.41, 5.74) is 0.0574. The van der Waals surface area contributed by atoms with Gasteiger partial charge in [0.15, 0.2) is 5.78 Å². The number of aryl methyl sites for hydroxylation is 1. The average Bonchev–Trinajstić information content (AvgIpc) is 2.86. The van der Waals surface area contributed by atoms with E-state index in [1.54, 1.807) is 13.3 Å². The molecule has 1 aromatic rings. The molecule has 0 N–H and O–H groups in total. The number of Topliss-reactive ketones (excluding diaryl/α,β-unsaturated/α-hetero) is 1. The van der Waals surface area contributed by atoms with Crippen LogP contribution in [0, 0.1) is 5.92 Å². The number of nitrogens with zero attached hydrogens (tertiary/aromatic N) is 2. The summed E-state index contributed by atoms with van der Waals surface area (Å²) in [6.07, 6.45) is 8.44. The molecular formula is C15H24N2O2. The van der Waals surface area contributed by atoms with Crippen molar-refractivity contribution in [1.29, 1.82) is 0 Å². The largest absolute Gasteiger partial charge is 0.370 e. The maximum absolute atomic E-state index is 12.7. The van der Waals surface area contributed by atoms with Crippen molar-refractivity contribution in [3.8, 4) is 0 Å². The van der Waals surface area contributed by atoms with Crippen LogP contribution in [0.15, 0.2) is 12.4 Å². The Hall–Kier alpha value is -1.16. The first kappa shape index (κ1) is 14.3. The lowest BCUT2D eigenvalue weighted by atomic mass is 9.75. The SMILES string of the molecule is CCCn1cc(C(=O)C2(OC)CCCC(C)C2)cn1. The zero-order valence-electron chi connectivity index (χ0n) is 12.2. The monoisotopic (exact) mass is 264 g/mol. The van der Waals surface area contributed by atoms with Gasteiger partial charge in [0.2, 0.25) is 0 Å². The van der Waals surface area contributed by atoms with Crippen molar-refractivity contribution in [1.82, 2.24) is 9.78 Å². The number of hydrogen-bond acceptors (Lipinski definition) is 3. The quantitative estimate of drug-likeness (QED) is 0.768. The van der Waals surface area contributed by atoms with Crippen LogP contribution in [0.1, 0.15) is 56.3 Å². The van der Waals surface area contributed by atoms with Gasteiger partial charge in [0, 0.05) is 19.9 Å². The minimum atomic E-state index is -0.627. The van der Waals surface area contributed by atoms with E-state index in [4.69, 9.17) is 4.74 Å². The molecule has 1 aliphatic rings. The number of hydrogen-bond donors (Lipinski definition) is 0. The molecule has 0 aromatic carbocycles. The average molecular weight is 264 g/mol. The van der Waals surface area contributed by atoms with E-state index in [1.165, 1.54) is 6.42 Å². The van der Waals surface area contributed by atoms with Crippen LogP contribution in [0.25, 0.3) is 0 Å². The van der Waals surface area contributed by atoms with Crippen LogP contribution in [0.2, 0.25) is 0 Å². The van der Waals surface area contributed by atoms with E-state index < -0.39 is 5.60 Å². The third-order valence-corrected chi connectivity index (χ3v) is 4.11.